The first kappa shape index (κ1) is 22.0. The predicted molar refractivity (Wildman–Crippen MR) is 112 cm³/mol. The van der Waals surface area contributed by atoms with Gasteiger partial charge in [0.25, 0.3) is 0 Å². The summed E-state index contributed by atoms with van der Waals surface area (Å²) in [6.07, 6.45) is -1.49. The Morgan fingerprint density at radius 2 is 1.75 bits per heavy atom. The van der Waals surface area contributed by atoms with Crippen molar-refractivity contribution in [1.82, 2.24) is 19.5 Å². The summed E-state index contributed by atoms with van der Waals surface area (Å²) in [5.74, 6) is 2.03. The van der Waals surface area contributed by atoms with E-state index in [9.17, 15) is 15.3 Å². The summed E-state index contributed by atoms with van der Waals surface area (Å²) in [6.45, 7) is -0.0402. The van der Waals surface area contributed by atoms with Gasteiger partial charge in [0, 0.05) is 6.54 Å². The number of fused-ring (bicyclic) bond motifs is 1. The normalized spacial score (nSPS) is 22.8. The second kappa shape index (κ2) is 9.12. The number of rotatable bonds is 8. The van der Waals surface area contributed by atoms with E-state index in [-0.39, 0.29) is 0 Å². The van der Waals surface area contributed by atoms with Gasteiger partial charge in [-0.05, 0) is 17.7 Å². The van der Waals surface area contributed by atoms with Gasteiger partial charge in [-0.15, -0.1) is 0 Å². The zero-order valence-corrected chi connectivity index (χ0v) is 17.8. The van der Waals surface area contributed by atoms with E-state index in [1.807, 2.05) is 12.1 Å². The molecule has 4 N–H and O–H groups in total. The van der Waals surface area contributed by atoms with Crippen molar-refractivity contribution < 1.29 is 34.3 Å². The van der Waals surface area contributed by atoms with Crippen LogP contribution in [0.3, 0.4) is 0 Å². The molecule has 3 heterocycles. The minimum absolute atomic E-state index is 0.379. The third-order valence-electron chi connectivity index (χ3n) is 5.33. The molecule has 0 spiro atoms. The van der Waals surface area contributed by atoms with E-state index in [2.05, 4.69) is 20.3 Å². The summed E-state index contributed by atoms with van der Waals surface area (Å²) in [4.78, 5) is 12.9. The van der Waals surface area contributed by atoms with Crippen molar-refractivity contribution in [2.24, 2.45) is 0 Å². The van der Waals surface area contributed by atoms with E-state index in [0.717, 1.165) is 5.56 Å². The molecule has 3 aromatic rings. The summed E-state index contributed by atoms with van der Waals surface area (Å²) in [5.41, 5.74) is 1.72. The van der Waals surface area contributed by atoms with Crippen LogP contribution < -0.4 is 19.5 Å². The molecule has 0 bridgehead atoms. The van der Waals surface area contributed by atoms with Crippen molar-refractivity contribution in [2.45, 2.75) is 31.1 Å². The molecule has 172 valence electrons. The molecule has 4 rings (SSSR count). The number of nitrogens with zero attached hydrogens (tertiary/aromatic N) is 4. The lowest BCUT2D eigenvalue weighted by Crippen LogP contribution is -2.33. The summed E-state index contributed by atoms with van der Waals surface area (Å²) in [7, 11) is 4.64. The number of anilines is 1. The maximum atomic E-state index is 10.3. The largest absolute Gasteiger partial charge is 0.493 e. The van der Waals surface area contributed by atoms with Crippen molar-refractivity contribution in [1.29, 1.82) is 0 Å². The molecule has 32 heavy (non-hydrogen) atoms. The molecule has 0 saturated carbocycles. The maximum absolute atomic E-state index is 10.3. The summed E-state index contributed by atoms with van der Waals surface area (Å²) >= 11 is 0. The first-order valence-corrected chi connectivity index (χ1v) is 9.85. The van der Waals surface area contributed by atoms with Gasteiger partial charge in [0.15, 0.2) is 34.7 Å². The highest BCUT2D eigenvalue weighted by Gasteiger charge is 2.44. The van der Waals surface area contributed by atoms with Gasteiger partial charge in [0.2, 0.25) is 5.75 Å². The van der Waals surface area contributed by atoms with E-state index >= 15 is 0 Å². The van der Waals surface area contributed by atoms with Gasteiger partial charge < -0.3 is 39.6 Å². The Morgan fingerprint density at radius 3 is 2.34 bits per heavy atom. The molecule has 1 aromatic carbocycles. The lowest BCUT2D eigenvalue weighted by Gasteiger charge is -2.16. The molecule has 0 amide bonds. The first-order chi connectivity index (χ1) is 15.5. The van der Waals surface area contributed by atoms with Crippen LogP contribution in [0, 0.1) is 0 Å². The smallest absolute Gasteiger partial charge is 0.203 e. The third kappa shape index (κ3) is 3.77. The van der Waals surface area contributed by atoms with Crippen LogP contribution in [0.1, 0.15) is 11.8 Å². The number of nitrogens with one attached hydrogen (secondary N) is 1. The SMILES string of the molecule is COc1cc(CNc2ncnc3c2ncn3[C@@H]2O[C@H](CO)C(O)C2O)cc(OC)c1OC. The van der Waals surface area contributed by atoms with Crippen LogP contribution in [0.2, 0.25) is 0 Å². The van der Waals surface area contributed by atoms with E-state index in [1.165, 1.54) is 17.2 Å². The number of imidazole rings is 1. The quantitative estimate of drug-likeness (QED) is 0.371. The molecule has 1 fully saturated rings. The van der Waals surface area contributed by atoms with Gasteiger partial charge in [-0.3, -0.25) is 4.57 Å². The Bertz CT molecular complexity index is 1070. The van der Waals surface area contributed by atoms with Crippen molar-refractivity contribution >= 4 is 17.0 Å². The average Bonchev–Trinajstić information content (AvgIpc) is 3.37. The number of hydrogen-bond acceptors (Lipinski definition) is 11. The summed E-state index contributed by atoms with van der Waals surface area (Å²) < 4.78 is 23.2. The predicted octanol–water partition coefficient (Wildman–Crippen LogP) is 0.0757. The minimum Gasteiger partial charge on any atom is -0.493 e. The van der Waals surface area contributed by atoms with Crippen molar-refractivity contribution in [2.75, 3.05) is 33.3 Å². The van der Waals surface area contributed by atoms with Crippen LogP contribution in [-0.2, 0) is 11.3 Å². The number of aliphatic hydroxyl groups is 3. The van der Waals surface area contributed by atoms with Crippen LogP contribution in [0.25, 0.3) is 11.2 Å². The topological polar surface area (TPSA) is 153 Å². The maximum Gasteiger partial charge on any atom is 0.203 e. The highest BCUT2D eigenvalue weighted by molar-refractivity contribution is 5.82. The van der Waals surface area contributed by atoms with Crippen molar-refractivity contribution in [3.8, 4) is 17.2 Å². The van der Waals surface area contributed by atoms with Crippen LogP contribution in [0.5, 0.6) is 17.2 Å². The zero-order chi connectivity index (χ0) is 22.8. The fourth-order valence-corrected chi connectivity index (χ4v) is 3.70. The number of methoxy groups -OCH3 is 3. The molecule has 1 aliphatic rings. The van der Waals surface area contributed by atoms with Gasteiger partial charge in [0.1, 0.15) is 24.6 Å². The Morgan fingerprint density at radius 1 is 1.03 bits per heavy atom. The van der Waals surface area contributed by atoms with Gasteiger partial charge in [-0.1, -0.05) is 0 Å². The molecule has 0 aliphatic carbocycles. The number of ether oxygens (including phenoxy) is 4. The fraction of sp³-hybridized carbons (Fsp3) is 0.450. The van der Waals surface area contributed by atoms with Crippen molar-refractivity contribution in [3.05, 3.63) is 30.4 Å². The number of benzene rings is 1. The Balaban J connectivity index is 1.59. The number of hydrogen-bond donors (Lipinski definition) is 4. The summed E-state index contributed by atoms with van der Waals surface area (Å²) in [5, 5.41) is 32.9. The lowest BCUT2D eigenvalue weighted by molar-refractivity contribution is -0.0511. The Hall–Kier alpha value is -3.19. The van der Waals surface area contributed by atoms with Crippen LogP contribution in [0.4, 0.5) is 5.82 Å². The zero-order valence-electron chi connectivity index (χ0n) is 17.8. The fourth-order valence-electron chi connectivity index (χ4n) is 3.70. The van der Waals surface area contributed by atoms with Crippen LogP contribution in [0.15, 0.2) is 24.8 Å². The third-order valence-corrected chi connectivity index (χ3v) is 5.33. The Kier molecular flexibility index (Phi) is 6.28. The second-order valence-electron chi connectivity index (χ2n) is 7.16. The molecule has 0 radical (unpaired) electrons. The molecular formula is C20H25N5O7. The van der Waals surface area contributed by atoms with Crippen molar-refractivity contribution in [3.63, 3.8) is 0 Å². The number of aliphatic hydroxyl groups excluding tert-OH is 3. The molecule has 12 heteroatoms. The first-order valence-electron chi connectivity index (χ1n) is 9.85. The van der Waals surface area contributed by atoms with Gasteiger partial charge >= 0.3 is 0 Å². The number of aromatic nitrogens is 4. The van der Waals surface area contributed by atoms with Gasteiger partial charge in [0.05, 0.1) is 34.3 Å². The molecule has 12 nitrogen and oxygen atoms in total. The van der Waals surface area contributed by atoms with E-state index < -0.39 is 31.1 Å². The van der Waals surface area contributed by atoms with Crippen LogP contribution >= 0.6 is 0 Å². The van der Waals surface area contributed by atoms with Crippen LogP contribution in [-0.4, -0.2) is 81.1 Å². The second-order valence-corrected chi connectivity index (χ2v) is 7.16. The summed E-state index contributed by atoms with van der Waals surface area (Å²) in [6, 6.07) is 3.65. The van der Waals surface area contributed by atoms with E-state index in [0.29, 0.717) is 40.8 Å². The Labute approximate surface area is 183 Å². The highest BCUT2D eigenvalue weighted by atomic mass is 16.6. The minimum atomic E-state index is -1.24. The average molecular weight is 447 g/mol. The monoisotopic (exact) mass is 447 g/mol. The molecular weight excluding hydrogens is 422 g/mol. The highest BCUT2D eigenvalue weighted by Crippen LogP contribution is 2.38. The standard InChI is InChI=1S/C20H25N5O7/c1-29-11-4-10(5-12(30-2)17(11)31-3)6-21-18-14-19(23-8-22-18)25(9-24-14)20-16(28)15(27)13(7-26)32-20/h4-5,8-9,13,15-16,20,26-28H,6-7H2,1-3H3,(H,21,22,23)/t13-,15?,16?,20-/m1/s1. The van der Waals surface area contributed by atoms with E-state index in [1.54, 1.807) is 21.3 Å². The van der Waals surface area contributed by atoms with Gasteiger partial charge in [-0.2, -0.15) is 0 Å². The molecule has 2 unspecified atom stereocenters. The molecule has 2 aromatic heterocycles. The molecule has 1 aliphatic heterocycles. The lowest BCUT2D eigenvalue weighted by atomic mass is 10.1. The van der Waals surface area contributed by atoms with Gasteiger partial charge in [-0.25, -0.2) is 15.0 Å². The molecule has 4 atom stereocenters. The van der Waals surface area contributed by atoms with E-state index in [4.69, 9.17) is 18.9 Å². The molecule has 1 saturated heterocycles.